The molecule has 1 unspecified atom stereocenters. The van der Waals surface area contributed by atoms with E-state index < -0.39 is 0 Å². The van der Waals surface area contributed by atoms with Gasteiger partial charge in [0, 0.05) is 0 Å². The van der Waals surface area contributed by atoms with E-state index in [0.717, 1.165) is 0 Å². The van der Waals surface area contributed by atoms with E-state index in [-0.39, 0.29) is 5.41 Å². The lowest BCUT2D eigenvalue weighted by molar-refractivity contribution is -0.0545. The Bertz CT molecular complexity index is 249. The first kappa shape index (κ1) is 16.0. The van der Waals surface area contributed by atoms with Crippen molar-refractivity contribution in [2.24, 2.45) is 22.2 Å². The van der Waals surface area contributed by atoms with Gasteiger partial charge in [0.2, 0.25) is 0 Å². The maximum atomic E-state index is 6.44. The Morgan fingerprint density at radius 2 is 1.33 bits per heavy atom. The lowest BCUT2D eigenvalue weighted by Crippen LogP contribution is -2.37. The lowest BCUT2D eigenvalue weighted by Gasteiger charge is -2.38. The summed E-state index contributed by atoms with van der Waals surface area (Å²) in [5, 5.41) is 0. The zero-order valence-corrected chi connectivity index (χ0v) is 14.1. The van der Waals surface area contributed by atoms with Crippen molar-refractivity contribution >= 4 is 0 Å². The fourth-order valence-electron chi connectivity index (χ4n) is 3.19. The molecule has 3 atom stereocenters. The molecule has 0 aromatic carbocycles. The minimum Gasteiger partial charge on any atom is -0.374 e. The second kappa shape index (κ2) is 4.81. The summed E-state index contributed by atoms with van der Waals surface area (Å²) < 4.78 is 6.44. The highest BCUT2D eigenvalue weighted by Crippen LogP contribution is 2.48. The van der Waals surface area contributed by atoms with Crippen LogP contribution < -0.4 is 0 Å². The van der Waals surface area contributed by atoms with Crippen LogP contribution in [0.25, 0.3) is 0 Å². The molecule has 0 amide bonds. The van der Waals surface area contributed by atoms with Crippen molar-refractivity contribution in [3.63, 3.8) is 0 Å². The van der Waals surface area contributed by atoms with Gasteiger partial charge >= 0.3 is 0 Å². The Balaban J connectivity index is 2.84. The molecule has 1 rings (SSSR count). The van der Waals surface area contributed by atoms with Gasteiger partial charge < -0.3 is 4.74 Å². The Labute approximate surface area is 115 Å². The van der Waals surface area contributed by atoms with E-state index in [9.17, 15) is 0 Å². The van der Waals surface area contributed by atoms with E-state index in [1.807, 2.05) is 0 Å². The third-order valence-corrected chi connectivity index (χ3v) is 4.03. The van der Waals surface area contributed by atoms with Crippen LogP contribution in [-0.4, -0.2) is 12.2 Å². The monoisotopic (exact) mass is 254 g/mol. The Morgan fingerprint density at radius 3 is 1.61 bits per heavy atom. The van der Waals surface area contributed by atoms with Crippen molar-refractivity contribution < 1.29 is 4.74 Å². The first-order valence-electron chi connectivity index (χ1n) is 7.46. The average molecular weight is 254 g/mol. The number of hydrogen-bond acceptors (Lipinski definition) is 1. The quantitative estimate of drug-likeness (QED) is 0.618. The topological polar surface area (TPSA) is 9.23 Å². The van der Waals surface area contributed by atoms with E-state index in [0.29, 0.717) is 29.0 Å². The van der Waals surface area contributed by atoms with Gasteiger partial charge in [0.25, 0.3) is 0 Å². The third-order valence-electron chi connectivity index (χ3n) is 4.03. The maximum absolute atomic E-state index is 6.44. The summed E-state index contributed by atoms with van der Waals surface area (Å²) >= 11 is 0. The minimum atomic E-state index is 0.241. The van der Waals surface area contributed by atoms with Crippen molar-refractivity contribution in [1.82, 2.24) is 0 Å². The van der Waals surface area contributed by atoms with Crippen molar-refractivity contribution in [2.75, 3.05) is 0 Å². The second-order valence-corrected chi connectivity index (χ2v) is 9.52. The van der Waals surface area contributed by atoms with E-state index in [1.165, 1.54) is 12.8 Å². The molecule has 0 N–H and O–H groups in total. The van der Waals surface area contributed by atoms with Crippen molar-refractivity contribution in [3.05, 3.63) is 0 Å². The molecule has 1 fully saturated rings. The molecule has 1 saturated heterocycles. The molecule has 1 heterocycles. The normalized spacial score (nSPS) is 30.8. The smallest absolute Gasteiger partial charge is 0.0661 e. The summed E-state index contributed by atoms with van der Waals surface area (Å²) in [6, 6.07) is 0. The van der Waals surface area contributed by atoms with E-state index in [4.69, 9.17) is 4.74 Å². The lowest BCUT2D eigenvalue weighted by atomic mass is 9.69. The van der Waals surface area contributed by atoms with E-state index in [1.54, 1.807) is 0 Å². The van der Waals surface area contributed by atoms with Crippen LogP contribution in [0.4, 0.5) is 0 Å². The van der Waals surface area contributed by atoms with E-state index in [2.05, 4.69) is 62.3 Å². The molecule has 0 aromatic rings. The molecular formula is C17H34O. The van der Waals surface area contributed by atoms with Crippen LogP contribution >= 0.6 is 0 Å². The van der Waals surface area contributed by atoms with Crippen LogP contribution in [0.5, 0.6) is 0 Å². The fourth-order valence-corrected chi connectivity index (χ4v) is 3.19. The highest BCUT2D eigenvalue weighted by atomic mass is 16.5. The van der Waals surface area contributed by atoms with Gasteiger partial charge in [-0.2, -0.15) is 0 Å². The number of hydrogen-bond donors (Lipinski definition) is 0. The highest BCUT2D eigenvalue weighted by Gasteiger charge is 2.47. The summed E-state index contributed by atoms with van der Waals surface area (Å²) in [6.07, 6.45) is 3.23. The molecule has 0 aliphatic carbocycles. The summed E-state index contributed by atoms with van der Waals surface area (Å²) in [5.41, 5.74) is 0.940. The fraction of sp³-hybridized carbons (Fsp3) is 1.00. The van der Waals surface area contributed by atoms with Crippen molar-refractivity contribution in [1.29, 1.82) is 0 Å². The zero-order valence-electron chi connectivity index (χ0n) is 14.1. The molecule has 18 heavy (non-hydrogen) atoms. The molecule has 0 saturated carbocycles. The molecule has 0 aromatic heterocycles. The van der Waals surface area contributed by atoms with Gasteiger partial charge in [0.1, 0.15) is 0 Å². The Morgan fingerprint density at radius 1 is 0.833 bits per heavy atom. The molecule has 1 aliphatic heterocycles. The van der Waals surface area contributed by atoms with Gasteiger partial charge in [-0.3, -0.25) is 0 Å². The largest absolute Gasteiger partial charge is 0.374 e. The average Bonchev–Trinajstić information content (AvgIpc) is 2.42. The SMILES string of the molecule is CC(C)(C)C[C@@H]1CC(C(C)(C)C)[C@H](C(C)(C)C)O1. The minimum absolute atomic E-state index is 0.241. The third kappa shape index (κ3) is 4.26. The van der Waals surface area contributed by atoms with Gasteiger partial charge in [-0.15, -0.1) is 0 Å². The first-order chi connectivity index (χ1) is 7.81. The first-order valence-corrected chi connectivity index (χ1v) is 7.46. The summed E-state index contributed by atoms with van der Waals surface area (Å²) in [5.74, 6) is 0.671. The highest BCUT2D eigenvalue weighted by molar-refractivity contribution is 4.95. The summed E-state index contributed by atoms with van der Waals surface area (Å²) in [7, 11) is 0. The molecule has 108 valence electrons. The number of ether oxygens (including phenoxy) is 1. The van der Waals surface area contributed by atoms with Crippen LogP contribution in [0.1, 0.15) is 75.2 Å². The molecule has 1 nitrogen and oxygen atoms in total. The molecular weight excluding hydrogens is 220 g/mol. The molecule has 1 aliphatic rings. The second-order valence-electron chi connectivity index (χ2n) is 9.52. The van der Waals surface area contributed by atoms with Crippen LogP contribution in [0.15, 0.2) is 0 Å². The van der Waals surface area contributed by atoms with Gasteiger partial charge in [0.15, 0.2) is 0 Å². The van der Waals surface area contributed by atoms with E-state index >= 15 is 0 Å². The van der Waals surface area contributed by atoms with Gasteiger partial charge in [0.05, 0.1) is 12.2 Å². The molecule has 1 heteroatoms. The summed E-state index contributed by atoms with van der Waals surface area (Å²) in [4.78, 5) is 0. The predicted octanol–water partition coefficient (Wildman–Crippen LogP) is 5.29. The Hall–Kier alpha value is -0.0400. The summed E-state index contributed by atoms with van der Waals surface area (Å²) in [6.45, 7) is 21.0. The van der Waals surface area contributed by atoms with Crippen LogP contribution in [0.2, 0.25) is 0 Å². The van der Waals surface area contributed by atoms with Gasteiger partial charge in [-0.25, -0.2) is 0 Å². The predicted molar refractivity (Wildman–Crippen MR) is 79.8 cm³/mol. The van der Waals surface area contributed by atoms with Gasteiger partial charge in [-0.05, 0) is 35.0 Å². The molecule has 0 bridgehead atoms. The Kier molecular flexibility index (Phi) is 4.28. The van der Waals surface area contributed by atoms with Crippen molar-refractivity contribution in [2.45, 2.75) is 87.4 Å². The van der Waals surface area contributed by atoms with Crippen LogP contribution in [0.3, 0.4) is 0 Å². The molecule has 0 radical (unpaired) electrons. The maximum Gasteiger partial charge on any atom is 0.0661 e. The van der Waals surface area contributed by atoms with Crippen LogP contribution in [-0.2, 0) is 4.74 Å². The zero-order chi connectivity index (χ0) is 14.4. The van der Waals surface area contributed by atoms with Crippen molar-refractivity contribution in [3.8, 4) is 0 Å². The van der Waals surface area contributed by atoms with Crippen LogP contribution in [0, 0.1) is 22.2 Å². The van der Waals surface area contributed by atoms with Gasteiger partial charge in [-0.1, -0.05) is 62.3 Å². The molecule has 0 spiro atoms. The standard InChI is InChI=1S/C17H34O/c1-15(2,3)11-12-10-13(16(4,5)6)14(18-12)17(7,8)9/h12-14H,10-11H2,1-9H3/t12-,13?,14+/m0/s1. The number of rotatable bonds is 1.